The van der Waals surface area contributed by atoms with Crippen LogP contribution in [0.3, 0.4) is 0 Å². The minimum absolute atomic E-state index is 0.196. The molecule has 3 heterocycles. The van der Waals surface area contributed by atoms with E-state index in [9.17, 15) is 4.79 Å². The molecule has 124 valence electrons. The molecule has 0 aliphatic carbocycles. The minimum atomic E-state index is 0.196. The van der Waals surface area contributed by atoms with E-state index in [0.29, 0.717) is 6.54 Å². The van der Waals surface area contributed by atoms with Gasteiger partial charge in [0.25, 0.3) is 0 Å². The van der Waals surface area contributed by atoms with E-state index in [-0.39, 0.29) is 5.91 Å². The third kappa shape index (κ3) is 4.89. The minimum Gasteiger partial charge on any atom is -0.339 e. The Labute approximate surface area is 140 Å². The van der Waals surface area contributed by atoms with Crippen molar-refractivity contribution in [1.29, 1.82) is 0 Å². The third-order valence-electron chi connectivity index (χ3n) is 4.04. The lowest BCUT2D eigenvalue weighted by Gasteiger charge is -2.34. The van der Waals surface area contributed by atoms with E-state index in [1.54, 1.807) is 17.5 Å². The molecule has 0 bridgehead atoms. The van der Waals surface area contributed by atoms with E-state index in [1.807, 2.05) is 21.8 Å². The summed E-state index contributed by atoms with van der Waals surface area (Å²) in [5.41, 5.74) is 0. The van der Waals surface area contributed by atoms with Gasteiger partial charge in [0.1, 0.15) is 0 Å². The second kappa shape index (κ2) is 8.24. The van der Waals surface area contributed by atoms with E-state index < -0.39 is 0 Å². The van der Waals surface area contributed by atoms with Crippen LogP contribution in [-0.4, -0.2) is 64.8 Å². The van der Waals surface area contributed by atoms with Crippen molar-refractivity contribution in [3.05, 3.63) is 40.8 Å². The quantitative estimate of drug-likeness (QED) is 0.764. The molecule has 1 N–H and O–H groups in total. The van der Waals surface area contributed by atoms with E-state index in [4.69, 9.17) is 0 Å². The molecule has 6 nitrogen and oxygen atoms in total. The lowest BCUT2D eigenvalue weighted by molar-refractivity contribution is -0.132. The fourth-order valence-corrected chi connectivity index (χ4v) is 3.46. The first-order valence-electron chi connectivity index (χ1n) is 8.02. The zero-order valence-electron chi connectivity index (χ0n) is 13.2. The normalized spacial score (nSPS) is 15.9. The summed E-state index contributed by atoms with van der Waals surface area (Å²) in [6.45, 7) is 6.51. The van der Waals surface area contributed by atoms with Crippen molar-refractivity contribution in [2.45, 2.75) is 13.1 Å². The Morgan fingerprint density at radius 3 is 2.83 bits per heavy atom. The van der Waals surface area contributed by atoms with Crippen molar-refractivity contribution in [3.8, 4) is 0 Å². The smallest absolute Gasteiger partial charge is 0.236 e. The van der Waals surface area contributed by atoms with Crippen molar-refractivity contribution in [2.24, 2.45) is 0 Å². The van der Waals surface area contributed by atoms with E-state index >= 15 is 0 Å². The van der Waals surface area contributed by atoms with Gasteiger partial charge in [-0.2, -0.15) is 5.10 Å². The molecule has 2 aromatic rings. The molecule has 23 heavy (non-hydrogen) atoms. The molecular formula is C16H23N5OS. The molecule has 2 aromatic heterocycles. The fraction of sp³-hybridized carbons (Fsp3) is 0.500. The van der Waals surface area contributed by atoms with Gasteiger partial charge in [-0.25, -0.2) is 0 Å². The van der Waals surface area contributed by atoms with Gasteiger partial charge < -0.3 is 10.2 Å². The summed E-state index contributed by atoms with van der Waals surface area (Å²) in [6, 6.07) is 6.17. The van der Waals surface area contributed by atoms with Crippen LogP contribution in [0.15, 0.2) is 36.0 Å². The topological polar surface area (TPSA) is 53.4 Å². The Hall–Kier alpha value is -1.70. The molecule has 0 radical (unpaired) electrons. The lowest BCUT2D eigenvalue weighted by Crippen LogP contribution is -2.50. The number of nitrogens with zero attached hydrogens (tertiary/aromatic N) is 4. The molecule has 1 fully saturated rings. The first kappa shape index (κ1) is 16.2. The SMILES string of the molecule is O=C(CNCCn1cccn1)N1CCN(Cc2cccs2)CC1. The number of carbonyl (C=O) groups excluding carboxylic acids is 1. The van der Waals surface area contributed by atoms with Gasteiger partial charge in [-0.1, -0.05) is 6.07 Å². The molecule has 1 amide bonds. The number of carbonyl (C=O) groups is 1. The Morgan fingerprint density at radius 1 is 1.26 bits per heavy atom. The molecule has 1 aliphatic rings. The standard InChI is InChI=1S/C16H23N5OS/c22-16(13-17-5-7-21-6-2-4-18-21)20-10-8-19(9-11-20)14-15-3-1-12-23-15/h1-4,6,12,17H,5,7-11,13-14H2. The van der Waals surface area contributed by atoms with E-state index in [1.165, 1.54) is 4.88 Å². The fourth-order valence-electron chi connectivity index (χ4n) is 2.71. The summed E-state index contributed by atoms with van der Waals surface area (Å²) in [5, 5.41) is 9.46. The average molecular weight is 333 g/mol. The summed E-state index contributed by atoms with van der Waals surface area (Å²) in [5.74, 6) is 0.196. The van der Waals surface area contributed by atoms with Crippen LogP contribution in [-0.2, 0) is 17.9 Å². The van der Waals surface area contributed by atoms with Crippen LogP contribution in [0.2, 0.25) is 0 Å². The summed E-state index contributed by atoms with van der Waals surface area (Å²) >= 11 is 1.80. The number of aromatic nitrogens is 2. The summed E-state index contributed by atoms with van der Waals surface area (Å²) in [6.07, 6.45) is 3.69. The van der Waals surface area contributed by atoms with Crippen molar-refractivity contribution < 1.29 is 4.79 Å². The summed E-state index contributed by atoms with van der Waals surface area (Å²) < 4.78 is 1.86. The highest BCUT2D eigenvalue weighted by molar-refractivity contribution is 7.09. The first-order valence-corrected chi connectivity index (χ1v) is 8.90. The van der Waals surface area contributed by atoms with Crippen molar-refractivity contribution in [2.75, 3.05) is 39.3 Å². The van der Waals surface area contributed by atoms with Crippen LogP contribution in [0.5, 0.6) is 0 Å². The highest BCUT2D eigenvalue weighted by Gasteiger charge is 2.20. The Kier molecular flexibility index (Phi) is 5.79. The van der Waals surface area contributed by atoms with Crippen LogP contribution >= 0.6 is 11.3 Å². The number of rotatable bonds is 7. The van der Waals surface area contributed by atoms with Crippen LogP contribution in [0.25, 0.3) is 0 Å². The zero-order chi connectivity index (χ0) is 15.9. The van der Waals surface area contributed by atoms with Crippen LogP contribution in [0.4, 0.5) is 0 Å². The van der Waals surface area contributed by atoms with Crippen LogP contribution in [0, 0.1) is 0 Å². The number of hydrogen-bond donors (Lipinski definition) is 1. The van der Waals surface area contributed by atoms with Gasteiger partial charge in [-0.3, -0.25) is 14.4 Å². The highest BCUT2D eigenvalue weighted by atomic mass is 32.1. The van der Waals surface area contributed by atoms with Crippen LogP contribution in [0.1, 0.15) is 4.88 Å². The van der Waals surface area contributed by atoms with E-state index in [0.717, 1.165) is 45.8 Å². The van der Waals surface area contributed by atoms with Gasteiger partial charge in [0, 0.05) is 56.5 Å². The maximum atomic E-state index is 12.2. The number of piperazine rings is 1. The zero-order valence-corrected chi connectivity index (χ0v) is 14.0. The molecule has 0 atom stereocenters. The van der Waals surface area contributed by atoms with Gasteiger partial charge in [-0.05, 0) is 17.5 Å². The molecule has 1 aliphatic heterocycles. The lowest BCUT2D eigenvalue weighted by atomic mass is 10.3. The largest absolute Gasteiger partial charge is 0.339 e. The van der Waals surface area contributed by atoms with Gasteiger partial charge in [0.15, 0.2) is 0 Å². The molecule has 3 rings (SSSR count). The molecule has 0 spiro atoms. The monoisotopic (exact) mass is 333 g/mol. The highest BCUT2D eigenvalue weighted by Crippen LogP contribution is 2.13. The summed E-state index contributed by atoms with van der Waals surface area (Å²) in [7, 11) is 0. The molecule has 7 heteroatoms. The van der Waals surface area contributed by atoms with Crippen molar-refractivity contribution in [1.82, 2.24) is 24.9 Å². The van der Waals surface area contributed by atoms with E-state index in [2.05, 4.69) is 32.8 Å². The first-order chi connectivity index (χ1) is 11.3. The average Bonchev–Trinajstić information content (AvgIpc) is 3.26. The Bertz CT molecular complexity index is 576. The molecule has 0 unspecified atom stereocenters. The predicted octanol–water partition coefficient (Wildman–Crippen LogP) is 0.879. The Balaban J connectivity index is 1.31. The van der Waals surface area contributed by atoms with Gasteiger partial charge in [0.2, 0.25) is 5.91 Å². The number of hydrogen-bond acceptors (Lipinski definition) is 5. The third-order valence-corrected chi connectivity index (χ3v) is 4.90. The predicted molar refractivity (Wildman–Crippen MR) is 91.3 cm³/mol. The van der Waals surface area contributed by atoms with Gasteiger partial charge in [0.05, 0.1) is 13.1 Å². The van der Waals surface area contributed by atoms with Gasteiger partial charge in [-0.15, -0.1) is 11.3 Å². The second-order valence-corrected chi connectivity index (χ2v) is 6.71. The summed E-state index contributed by atoms with van der Waals surface area (Å²) in [4.78, 5) is 18.0. The number of amides is 1. The number of nitrogens with one attached hydrogen (secondary N) is 1. The van der Waals surface area contributed by atoms with Crippen LogP contribution < -0.4 is 5.32 Å². The molecule has 1 saturated heterocycles. The van der Waals surface area contributed by atoms with Crippen molar-refractivity contribution >= 4 is 17.2 Å². The molecule has 0 saturated carbocycles. The maximum Gasteiger partial charge on any atom is 0.236 e. The molecular weight excluding hydrogens is 310 g/mol. The number of thiophene rings is 1. The van der Waals surface area contributed by atoms with Gasteiger partial charge >= 0.3 is 0 Å². The van der Waals surface area contributed by atoms with Crippen molar-refractivity contribution in [3.63, 3.8) is 0 Å². The maximum absolute atomic E-state index is 12.2. The second-order valence-electron chi connectivity index (χ2n) is 5.68. The Morgan fingerprint density at radius 2 is 2.13 bits per heavy atom. The molecule has 0 aromatic carbocycles.